The van der Waals surface area contributed by atoms with E-state index in [4.69, 9.17) is 0 Å². The van der Waals surface area contributed by atoms with Crippen molar-refractivity contribution in [3.05, 3.63) is 163 Å². The first-order valence-electron chi connectivity index (χ1n) is 15.7. The fourth-order valence-electron chi connectivity index (χ4n) is 7.96. The minimum atomic E-state index is -0.187. The van der Waals surface area contributed by atoms with E-state index in [2.05, 4.69) is 167 Å². The number of hydrogen-bond donors (Lipinski definition) is 2. The predicted molar refractivity (Wildman–Crippen MR) is 187 cm³/mol. The molecule has 0 radical (unpaired) electrons. The number of aromatic nitrogens is 1. The van der Waals surface area contributed by atoms with Gasteiger partial charge in [0.1, 0.15) is 0 Å². The molecule has 0 saturated carbocycles. The van der Waals surface area contributed by atoms with Gasteiger partial charge in [0.25, 0.3) is 0 Å². The second-order valence-corrected chi connectivity index (χ2v) is 12.2. The third-order valence-electron chi connectivity index (χ3n) is 9.83. The predicted octanol–water partition coefficient (Wildman–Crippen LogP) is 10.5. The molecule has 8 aromatic rings. The molecule has 2 N–H and O–H groups in total. The van der Waals surface area contributed by atoms with Crippen LogP contribution in [0.3, 0.4) is 0 Å². The van der Waals surface area contributed by atoms with Crippen molar-refractivity contribution in [1.82, 2.24) is 9.88 Å². The van der Waals surface area contributed by atoms with Crippen LogP contribution >= 0.6 is 0 Å². The Bertz CT molecular complexity index is 2450. The fourth-order valence-corrected chi connectivity index (χ4v) is 7.96. The zero-order valence-corrected chi connectivity index (χ0v) is 24.5. The van der Waals surface area contributed by atoms with Crippen molar-refractivity contribution < 1.29 is 0 Å². The molecule has 0 bridgehead atoms. The summed E-state index contributed by atoms with van der Waals surface area (Å²) in [6, 6.07) is 55.5. The van der Waals surface area contributed by atoms with Crippen molar-refractivity contribution in [2.45, 2.75) is 12.3 Å². The van der Waals surface area contributed by atoms with Crippen LogP contribution in [0, 0.1) is 0 Å². The minimum Gasteiger partial charge on any atom is -0.352 e. The smallest absolute Gasteiger partial charge is 0.160 e. The number of benzene rings is 7. The topological polar surface area (TPSA) is 29.0 Å². The molecule has 7 aromatic carbocycles. The van der Waals surface area contributed by atoms with Crippen LogP contribution in [0.1, 0.15) is 23.5 Å². The molecule has 212 valence electrons. The lowest BCUT2D eigenvalue weighted by atomic mass is 9.91. The van der Waals surface area contributed by atoms with E-state index in [1.807, 2.05) is 0 Å². The molecule has 0 saturated heterocycles. The summed E-state index contributed by atoms with van der Waals surface area (Å²) in [5.74, 6) is 0. The number of para-hydroxylation sites is 2. The van der Waals surface area contributed by atoms with Crippen LogP contribution < -0.4 is 10.6 Å². The van der Waals surface area contributed by atoms with Crippen LogP contribution in [0.5, 0.6) is 0 Å². The van der Waals surface area contributed by atoms with Crippen molar-refractivity contribution in [2.75, 3.05) is 5.32 Å². The van der Waals surface area contributed by atoms with Crippen LogP contribution in [0.4, 0.5) is 5.69 Å². The molecule has 0 fully saturated rings. The zero-order chi connectivity index (χ0) is 29.5. The van der Waals surface area contributed by atoms with E-state index in [1.54, 1.807) is 0 Å². The Morgan fingerprint density at radius 3 is 2.04 bits per heavy atom. The lowest BCUT2D eigenvalue weighted by molar-refractivity contribution is 0.417. The van der Waals surface area contributed by atoms with Gasteiger partial charge >= 0.3 is 0 Å². The van der Waals surface area contributed by atoms with Gasteiger partial charge in [-0.1, -0.05) is 140 Å². The first-order valence-corrected chi connectivity index (χ1v) is 15.7. The van der Waals surface area contributed by atoms with Crippen LogP contribution in [-0.4, -0.2) is 4.57 Å². The van der Waals surface area contributed by atoms with Crippen LogP contribution in [0.2, 0.25) is 0 Å². The first-order chi connectivity index (χ1) is 22.3. The summed E-state index contributed by atoms with van der Waals surface area (Å²) in [5.41, 5.74) is 13.8. The second-order valence-electron chi connectivity index (χ2n) is 12.2. The quantitative estimate of drug-likeness (QED) is 0.215. The van der Waals surface area contributed by atoms with Crippen LogP contribution in [0.25, 0.3) is 66.0 Å². The molecular formula is C42H29N3. The summed E-state index contributed by atoms with van der Waals surface area (Å²) in [7, 11) is 0. The van der Waals surface area contributed by atoms with Crippen molar-refractivity contribution in [3.63, 3.8) is 0 Å². The molecule has 10 rings (SSSR count). The van der Waals surface area contributed by atoms with E-state index in [-0.39, 0.29) is 12.3 Å². The molecule has 3 nitrogen and oxygen atoms in total. The molecule has 2 aliphatic rings. The number of rotatable bonds is 2. The lowest BCUT2D eigenvalue weighted by Gasteiger charge is -2.36. The Balaban J connectivity index is 1.32. The SMILES string of the molecule is c1ccc(C2NC(n3c4ccccc4c4ccc5c(c43)-c3ccccc3-c3cccc4cccc-5c34)Nc3ccccc32)cc1. The number of anilines is 1. The Morgan fingerprint density at radius 2 is 1.18 bits per heavy atom. The monoisotopic (exact) mass is 575 g/mol. The maximum atomic E-state index is 4.05. The minimum absolute atomic E-state index is 0.0393. The highest BCUT2D eigenvalue weighted by atomic mass is 15.3. The lowest BCUT2D eigenvalue weighted by Crippen LogP contribution is -2.40. The number of nitrogens with zero attached hydrogens (tertiary/aromatic N) is 1. The van der Waals surface area contributed by atoms with Gasteiger partial charge in [0.2, 0.25) is 0 Å². The molecule has 45 heavy (non-hydrogen) atoms. The normalized spacial score (nSPS) is 16.5. The maximum Gasteiger partial charge on any atom is 0.160 e. The number of nitrogens with one attached hydrogen (secondary N) is 2. The molecule has 2 atom stereocenters. The summed E-state index contributed by atoms with van der Waals surface area (Å²) in [4.78, 5) is 0. The van der Waals surface area contributed by atoms with Crippen LogP contribution in [0.15, 0.2) is 152 Å². The van der Waals surface area contributed by atoms with Gasteiger partial charge < -0.3 is 9.88 Å². The highest BCUT2D eigenvalue weighted by molar-refractivity contribution is 6.21. The van der Waals surface area contributed by atoms with Crippen molar-refractivity contribution >= 4 is 38.3 Å². The molecule has 0 spiro atoms. The molecule has 3 heteroatoms. The van der Waals surface area contributed by atoms with Gasteiger partial charge in [-0.25, -0.2) is 0 Å². The van der Waals surface area contributed by atoms with E-state index < -0.39 is 0 Å². The van der Waals surface area contributed by atoms with Gasteiger partial charge in [-0.3, -0.25) is 5.32 Å². The van der Waals surface area contributed by atoms with Gasteiger partial charge in [0, 0.05) is 22.0 Å². The third-order valence-corrected chi connectivity index (χ3v) is 9.83. The van der Waals surface area contributed by atoms with E-state index in [0.717, 1.165) is 5.69 Å². The first kappa shape index (κ1) is 24.8. The maximum absolute atomic E-state index is 4.05. The fraction of sp³-hybridized carbons (Fsp3) is 0.0476. The Labute approximate surface area is 261 Å². The van der Waals surface area contributed by atoms with Gasteiger partial charge in [-0.2, -0.15) is 0 Å². The molecule has 0 amide bonds. The third kappa shape index (κ3) is 3.50. The average Bonchev–Trinajstić information content (AvgIpc) is 3.39. The van der Waals surface area contributed by atoms with Gasteiger partial charge in [0.15, 0.2) is 6.29 Å². The second kappa shape index (κ2) is 9.43. The highest BCUT2D eigenvalue weighted by Crippen LogP contribution is 2.51. The zero-order valence-electron chi connectivity index (χ0n) is 24.5. The summed E-state index contributed by atoms with van der Waals surface area (Å²) < 4.78 is 2.52. The Morgan fingerprint density at radius 1 is 0.489 bits per heavy atom. The van der Waals surface area contributed by atoms with Crippen molar-refractivity contribution in [2.24, 2.45) is 0 Å². The van der Waals surface area contributed by atoms with Gasteiger partial charge in [-0.05, 0) is 61.8 Å². The van der Waals surface area contributed by atoms with E-state index in [1.165, 1.54) is 77.1 Å². The average molecular weight is 576 g/mol. The highest BCUT2D eigenvalue weighted by Gasteiger charge is 2.32. The molecule has 1 aromatic heterocycles. The van der Waals surface area contributed by atoms with Gasteiger partial charge in [-0.15, -0.1) is 0 Å². The molecule has 2 unspecified atom stereocenters. The van der Waals surface area contributed by atoms with Crippen molar-refractivity contribution in [1.29, 1.82) is 0 Å². The summed E-state index contributed by atoms with van der Waals surface area (Å²) in [6.45, 7) is 0. The largest absolute Gasteiger partial charge is 0.352 e. The number of fused-ring (bicyclic) bond motifs is 10. The summed E-state index contributed by atoms with van der Waals surface area (Å²) >= 11 is 0. The van der Waals surface area contributed by atoms with Crippen molar-refractivity contribution in [3.8, 4) is 33.4 Å². The van der Waals surface area contributed by atoms with Gasteiger partial charge in [0.05, 0.1) is 17.1 Å². The number of hydrogen-bond acceptors (Lipinski definition) is 2. The standard InChI is InChI=1S/C42H29N3/c1-2-12-27(13-3-1)40-35-19-6-8-22-36(35)43-42(44-40)45-37-23-9-7-17-29(37)34-25-24-33-32-21-11-15-26-14-10-20-30(38(26)32)28-16-4-5-18-31(28)39(33)41(34)45/h1-25,40,42-44H. The summed E-state index contributed by atoms with van der Waals surface area (Å²) in [5, 5.41) is 13.1. The van der Waals surface area contributed by atoms with E-state index in [9.17, 15) is 0 Å². The van der Waals surface area contributed by atoms with E-state index >= 15 is 0 Å². The van der Waals surface area contributed by atoms with E-state index in [0.29, 0.717) is 0 Å². The molecule has 2 heterocycles. The Kier molecular flexibility index (Phi) is 5.19. The molecule has 1 aliphatic carbocycles. The Hall–Kier alpha value is -5.64. The molecule has 1 aliphatic heterocycles. The van der Waals surface area contributed by atoms with Crippen LogP contribution in [-0.2, 0) is 0 Å². The molecular weight excluding hydrogens is 546 g/mol. The summed E-state index contributed by atoms with van der Waals surface area (Å²) in [6.07, 6.45) is -0.187.